The van der Waals surface area contributed by atoms with Gasteiger partial charge in [-0.05, 0) is 45.6 Å². The number of rotatable bonds is 5. The first kappa shape index (κ1) is 18.1. The van der Waals surface area contributed by atoms with Gasteiger partial charge in [-0.3, -0.25) is 4.79 Å². The van der Waals surface area contributed by atoms with Gasteiger partial charge in [0.15, 0.2) is 0 Å². The molecule has 0 saturated carbocycles. The van der Waals surface area contributed by atoms with E-state index < -0.39 is 10.0 Å². The molecule has 1 amide bonds. The van der Waals surface area contributed by atoms with Gasteiger partial charge in [0.05, 0.1) is 11.4 Å². The number of thiophene rings is 1. The fourth-order valence-corrected chi connectivity index (χ4v) is 4.56. The Bertz CT molecular complexity index is 802. The molecule has 8 heteroatoms. The van der Waals surface area contributed by atoms with E-state index in [1.54, 1.807) is 35.4 Å². The Morgan fingerprint density at radius 1 is 1.22 bits per heavy atom. The second-order valence-corrected chi connectivity index (χ2v) is 9.18. The van der Waals surface area contributed by atoms with Gasteiger partial charge < -0.3 is 4.90 Å². The molecule has 5 nitrogen and oxygen atoms in total. The standard InChI is InChI=1S/C15H17BrN2O3S2/c1-17(2)23(20,21)14-9-11(6-7-13(14)16)15(19)18(3)10-12-5-4-8-22-12/h4-9H,10H2,1-3H3. The van der Waals surface area contributed by atoms with Crippen LogP contribution in [0.25, 0.3) is 0 Å². The summed E-state index contributed by atoms with van der Waals surface area (Å²) in [5.74, 6) is -0.221. The van der Waals surface area contributed by atoms with Crippen molar-refractivity contribution in [1.82, 2.24) is 9.21 Å². The Hall–Kier alpha value is -1.22. The first-order valence-corrected chi connectivity index (χ1v) is 9.84. The van der Waals surface area contributed by atoms with Crippen LogP contribution in [-0.4, -0.2) is 44.7 Å². The molecule has 1 aromatic heterocycles. The molecule has 23 heavy (non-hydrogen) atoms. The molecule has 0 fully saturated rings. The summed E-state index contributed by atoms with van der Waals surface area (Å²) in [6.45, 7) is 0.488. The fourth-order valence-electron chi connectivity index (χ4n) is 1.96. The van der Waals surface area contributed by atoms with Crippen LogP contribution in [0.3, 0.4) is 0 Å². The molecular weight excluding hydrogens is 400 g/mol. The summed E-state index contributed by atoms with van der Waals surface area (Å²) in [5, 5.41) is 1.95. The first-order chi connectivity index (χ1) is 10.7. The Balaban J connectivity index is 2.32. The second-order valence-electron chi connectivity index (χ2n) is 5.17. The maximum absolute atomic E-state index is 12.5. The highest BCUT2D eigenvalue weighted by Crippen LogP contribution is 2.26. The molecule has 0 bridgehead atoms. The summed E-state index contributed by atoms with van der Waals surface area (Å²) < 4.78 is 26.2. The molecule has 0 atom stereocenters. The largest absolute Gasteiger partial charge is 0.337 e. The molecule has 1 aromatic carbocycles. The van der Waals surface area contributed by atoms with E-state index in [1.165, 1.54) is 20.2 Å². The quantitative estimate of drug-likeness (QED) is 0.752. The third-order valence-electron chi connectivity index (χ3n) is 3.26. The summed E-state index contributed by atoms with van der Waals surface area (Å²) in [6, 6.07) is 8.50. The van der Waals surface area contributed by atoms with Crippen LogP contribution in [-0.2, 0) is 16.6 Å². The summed E-state index contributed by atoms with van der Waals surface area (Å²) in [7, 11) is 0.992. The zero-order valence-electron chi connectivity index (χ0n) is 13.0. The van der Waals surface area contributed by atoms with Crippen molar-refractivity contribution in [3.63, 3.8) is 0 Å². The van der Waals surface area contributed by atoms with Crippen molar-refractivity contribution in [3.8, 4) is 0 Å². The van der Waals surface area contributed by atoms with E-state index >= 15 is 0 Å². The Morgan fingerprint density at radius 2 is 1.91 bits per heavy atom. The van der Waals surface area contributed by atoms with Crippen LogP contribution in [0.2, 0.25) is 0 Å². The van der Waals surface area contributed by atoms with Gasteiger partial charge in [0, 0.05) is 36.1 Å². The normalized spacial score (nSPS) is 11.7. The van der Waals surface area contributed by atoms with E-state index in [4.69, 9.17) is 0 Å². The maximum Gasteiger partial charge on any atom is 0.253 e. The minimum atomic E-state index is -3.62. The summed E-state index contributed by atoms with van der Waals surface area (Å²) in [5.41, 5.74) is 0.340. The van der Waals surface area contributed by atoms with Crippen LogP contribution in [0.4, 0.5) is 0 Å². The predicted octanol–water partition coefficient (Wildman–Crippen LogP) is 3.03. The average Bonchev–Trinajstić information content (AvgIpc) is 2.99. The summed E-state index contributed by atoms with van der Waals surface area (Å²) in [6.07, 6.45) is 0. The molecule has 124 valence electrons. The summed E-state index contributed by atoms with van der Waals surface area (Å²) >= 11 is 4.81. The van der Waals surface area contributed by atoms with Crippen LogP contribution in [0, 0.1) is 0 Å². The molecule has 0 saturated heterocycles. The Labute approximate surface area is 148 Å². The van der Waals surface area contributed by atoms with Gasteiger partial charge >= 0.3 is 0 Å². The highest BCUT2D eigenvalue weighted by atomic mass is 79.9. The van der Waals surface area contributed by atoms with Crippen LogP contribution in [0.15, 0.2) is 45.1 Å². The number of carbonyl (C=O) groups excluding carboxylic acids is 1. The van der Waals surface area contributed by atoms with E-state index in [-0.39, 0.29) is 10.8 Å². The smallest absolute Gasteiger partial charge is 0.253 e. The third kappa shape index (κ3) is 4.00. The Morgan fingerprint density at radius 3 is 2.48 bits per heavy atom. The fraction of sp³-hybridized carbons (Fsp3) is 0.267. The van der Waals surface area contributed by atoms with Gasteiger partial charge in [0.2, 0.25) is 10.0 Å². The highest BCUT2D eigenvalue weighted by Gasteiger charge is 2.23. The maximum atomic E-state index is 12.5. The molecule has 0 aliphatic rings. The van der Waals surface area contributed by atoms with Crippen molar-refractivity contribution in [1.29, 1.82) is 0 Å². The first-order valence-electron chi connectivity index (χ1n) is 6.73. The van der Waals surface area contributed by atoms with Crippen molar-refractivity contribution in [2.75, 3.05) is 21.1 Å². The monoisotopic (exact) mass is 416 g/mol. The van der Waals surface area contributed by atoms with Gasteiger partial charge in [-0.25, -0.2) is 12.7 Å². The van der Waals surface area contributed by atoms with Crippen molar-refractivity contribution in [2.24, 2.45) is 0 Å². The zero-order chi connectivity index (χ0) is 17.2. The van der Waals surface area contributed by atoms with E-state index in [1.807, 2.05) is 17.5 Å². The van der Waals surface area contributed by atoms with Crippen molar-refractivity contribution in [3.05, 3.63) is 50.6 Å². The van der Waals surface area contributed by atoms with Crippen molar-refractivity contribution < 1.29 is 13.2 Å². The molecule has 0 aliphatic heterocycles. The number of hydrogen-bond donors (Lipinski definition) is 0. The number of sulfonamides is 1. The topological polar surface area (TPSA) is 57.7 Å². The number of halogens is 1. The van der Waals surface area contributed by atoms with Crippen molar-refractivity contribution in [2.45, 2.75) is 11.4 Å². The highest BCUT2D eigenvalue weighted by molar-refractivity contribution is 9.10. The van der Waals surface area contributed by atoms with Gasteiger partial charge in [-0.1, -0.05) is 6.07 Å². The van der Waals surface area contributed by atoms with Gasteiger partial charge in [0.1, 0.15) is 0 Å². The van der Waals surface area contributed by atoms with Crippen LogP contribution < -0.4 is 0 Å². The van der Waals surface area contributed by atoms with E-state index in [0.717, 1.165) is 9.18 Å². The zero-order valence-corrected chi connectivity index (χ0v) is 16.2. The molecule has 0 N–H and O–H groups in total. The van der Waals surface area contributed by atoms with Crippen molar-refractivity contribution >= 4 is 43.2 Å². The van der Waals surface area contributed by atoms with Crippen LogP contribution >= 0.6 is 27.3 Å². The molecule has 2 rings (SSSR count). The lowest BCUT2D eigenvalue weighted by atomic mass is 10.2. The molecule has 0 aliphatic carbocycles. The summed E-state index contributed by atoms with van der Waals surface area (Å²) in [4.78, 5) is 15.3. The van der Waals surface area contributed by atoms with E-state index in [9.17, 15) is 13.2 Å². The molecule has 1 heterocycles. The molecule has 0 radical (unpaired) electrons. The predicted molar refractivity (Wildman–Crippen MR) is 95.1 cm³/mol. The number of hydrogen-bond acceptors (Lipinski definition) is 4. The minimum Gasteiger partial charge on any atom is -0.337 e. The molecule has 0 unspecified atom stereocenters. The van der Waals surface area contributed by atoms with Gasteiger partial charge in [-0.15, -0.1) is 11.3 Å². The molecule has 0 spiro atoms. The Kier molecular flexibility index (Phi) is 5.61. The van der Waals surface area contributed by atoms with Crippen LogP contribution in [0.1, 0.15) is 15.2 Å². The third-order valence-corrected chi connectivity index (χ3v) is 6.93. The minimum absolute atomic E-state index is 0.0814. The number of nitrogens with zero attached hydrogens (tertiary/aromatic N) is 2. The SMILES string of the molecule is CN(Cc1cccs1)C(=O)c1ccc(Br)c(S(=O)(=O)N(C)C)c1. The second kappa shape index (κ2) is 7.12. The lowest BCUT2D eigenvalue weighted by molar-refractivity contribution is 0.0786. The lowest BCUT2D eigenvalue weighted by Gasteiger charge is -2.18. The average molecular weight is 417 g/mol. The molecule has 2 aromatic rings. The van der Waals surface area contributed by atoms with Gasteiger partial charge in [-0.2, -0.15) is 0 Å². The lowest BCUT2D eigenvalue weighted by Crippen LogP contribution is -2.27. The molecular formula is C15H17BrN2O3S2. The van der Waals surface area contributed by atoms with E-state index in [0.29, 0.717) is 16.6 Å². The van der Waals surface area contributed by atoms with Gasteiger partial charge in [0.25, 0.3) is 5.91 Å². The number of amides is 1. The number of carbonyl (C=O) groups is 1. The van der Waals surface area contributed by atoms with Crippen LogP contribution in [0.5, 0.6) is 0 Å². The van der Waals surface area contributed by atoms with E-state index in [2.05, 4.69) is 15.9 Å². The number of benzene rings is 1.